The van der Waals surface area contributed by atoms with Crippen LogP contribution in [-0.2, 0) is 14.3 Å². The summed E-state index contributed by atoms with van der Waals surface area (Å²) in [4.78, 5) is 25.8. The van der Waals surface area contributed by atoms with Crippen molar-refractivity contribution in [2.45, 2.75) is 44.1 Å². The molecule has 0 aromatic carbocycles. The summed E-state index contributed by atoms with van der Waals surface area (Å²) in [5.41, 5.74) is 0. The van der Waals surface area contributed by atoms with Gasteiger partial charge >= 0.3 is 12.1 Å². The number of hydrogen-bond donors (Lipinski definition) is 1. The maximum Gasteiger partial charge on any atom is 0.490 e. The molecular weight excluding hydrogens is 384 g/mol. The van der Waals surface area contributed by atoms with Crippen LogP contribution in [0.1, 0.15) is 25.7 Å². The van der Waals surface area contributed by atoms with Gasteiger partial charge in [-0.3, -0.25) is 4.79 Å². The van der Waals surface area contributed by atoms with Crippen LogP contribution >= 0.6 is 0 Å². The van der Waals surface area contributed by atoms with Gasteiger partial charge in [0.15, 0.2) is 0 Å². The highest BCUT2D eigenvalue weighted by Gasteiger charge is 2.50. The van der Waals surface area contributed by atoms with Crippen LogP contribution in [0.15, 0.2) is 0 Å². The van der Waals surface area contributed by atoms with Gasteiger partial charge in [-0.1, -0.05) is 0 Å². The molecule has 1 aliphatic carbocycles. The predicted molar refractivity (Wildman–Crippen MR) is 90.3 cm³/mol. The van der Waals surface area contributed by atoms with E-state index in [1.807, 2.05) is 4.90 Å². The molecule has 28 heavy (non-hydrogen) atoms. The van der Waals surface area contributed by atoms with Gasteiger partial charge in [0.25, 0.3) is 0 Å². The van der Waals surface area contributed by atoms with E-state index in [9.17, 15) is 22.4 Å². The first-order valence-electron chi connectivity index (χ1n) is 9.70. The van der Waals surface area contributed by atoms with Crippen LogP contribution in [0.4, 0.5) is 17.6 Å². The molecule has 10 heteroatoms. The number of amides is 1. The smallest absolute Gasteiger partial charge is 0.475 e. The number of hydrogen-bond acceptors (Lipinski definition) is 4. The first kappa shape index (κ1) is 21.3. The normalized spacial score (nSPS) is 33.2. The van der Waals surface area contributed by atoms with Gasteiger partial charge in [0.1, 0.15) is 6.17 Å². The Morgan fingerprint density at radius 3 is 2.21 bits per heavy atom. The van der Waals surface area contributed by atoms with Crippen LogP contribution in [0.5, 0.6) is 0 Å². The van der Waals surface area contributed by atoms with Gasteiger partial charge in [0.05, 0.1) is 6.04 Å². The van der Waals surface area contributed by atoms with Crippen molar-refractivity contribution in [3.05, 3.63) is 0 Å². The number of carbonyl (C=O) groups is 2. The molecule has 1 N–H and O–H groups in total. The SMILES string of the molecule is O=C(C1CC(F)C1)N1C[C@@H]2CN(CC3CCOCC3)C[C@@H]21.O=C(O)C(F)(F)F. The van der Waals surface area contributed by atoms with Crippen molar-refractivity contribution in [2.75, 3.05) is 39.4 Å². The maximum absolute atomic E-state index is 12.9. The highest BCUT2D eigenvalue weighted by molar-refractivity contribution is 5.81. The zero-order valence-electron chi connectivity index (χ0n) is 15.5. The van der Waals surface area contributed by atoms with Crippen LogP contribution in [0, 0.1) is 17.8 Å². The molecule has 0 bridgehead atoms. The van der Waals surface area contributed by atoms with Crippen LogP contribution in [0.2, 0.25) is 0 Å². The molecule has 4 rings (SSSR count). The van der Waals surface area contributed by atoms with E-state index in [1.165, 1.54) is 12.8 Å². The fourth-order valence-corrected chi connectivity index (χ4v) is 4.41. The molecule has 1 saturated carbocycles. The van der Waals surface area contributed by atoms with Gasteiger partial charge in [-0.25, -0.2) is 9.18 Å². The van der Waals surface area contributed by atoms with E-state index in [0.29, 0.717) is 24.8 Å². The van der Waals surface area contributed by atoms with Crippen LogP contribution in [0.3, 0.4) is 0 Å². The number of aliphatic carboxylic acids is 1. The second-order valence-electron chi connectivity index (χ2n) is 8.16. The average Bonchev–Trinajstić information content (AvgIpc) is 2.89. The predicted octanol–water partition coefficient (Wildman–Crippen LogP) is 1.94. The van der Waals surface area contributed by atoms with E-state index < -0.39 is 18.3 Å². The summed E-state index contributed by atoms with van der Waals surface area (Å²) in [6, 6.07) is 0.413. The third-order valence-electron chi connectivity index (χ3n) is 6.13. The summed E-state index contributed by atoms with van der Waals surface area (Å²) < 4.78 is 50.1. The van der Waals surface area contributed by atoms with Gasteiger partial charge in [0.2, 0.25) is 5.91 Å². The molecule has 0 spiro atoms. The molecule has 0 aromatic heterocycles. The second-order valence-corrected chi connectivity index (χ2v) is 8.16. The Bertz CT molecular complexity index is 576. The second kappa shape index (κ2) is 8.52. The number of ether oxygens (including phenoxy) is 1. The van der Waals surface area contributed by atoms with E-state index in [4.69, 9.17) is 14.6 Å². The van der Waals surface area contributed by atoms with Crippen LogP contribution in [-0.4, -0.2) is 84.6 Å². The number of rotatable bonds is 3. The standard InChI is InChI=1S/C16H25FN2O2.C2HF3O2/c17-14-5-12(6-14)16(20)19-9-13-8-18(10-15(13)19)7-11-1-3-21-4-2-11;3-2(4,5)1(6)7/h11-15H,1-10H2;(H,6,7)/t12?,13-,14?,15-;/m0./s1. The Kier molecular flexibility index (Phi) is 6.48. The van der Waals surface area contributed by atoms with E-state index >= 15 is 0 Å². The van der Waals surface area contributed by atoms with E-state index in [2.05, 4.69) is 4.90 Å². The van der Waals surface area contributed by atoms with E-state index in [0.717, 1.165) is 45.3 Å². The zero-order chi connectivity index (χ0) is 20.5. The molecule has 0 aromatic rings. The Balaban J connectivity index is 0.000000279. The summed E-state index contributed by atoms with van der Waals surface area (Å²) in [6.07, 6.45) is -2.55. The number of carboxylic acids is 1. The first-order valence-corrected chi connectivity index (χ1v) is 9.70. The minimum atomic E-state index is -5.08. The molecule has 0 unspecified atom stereocenters. The lowest BCUT2D eigenvalue weighted by atomic mass is 9.80. The number of carboxylic acid groups (broad SMARTS) is 1. The molecular formula is C18H26F4N2O4. The monoisotopic (exact) mass is 410 g/mol. The van der Waals surface area contributed by atoms with Crippen molar-refractivity contribution in [1.29, 1.82) is 0 Å². The number of nitrogens with zero attached hydrogens (tertiary/aromatic N) is 2. The van der Waals surface area contributed by atoms with Gasteiger partial charge in [-0.15, -0.1) is 0 Å². The van der Waals surface area contributed by atoms with Crippen molar-refractivity contribution >= 4 is 11.9 Å². The number of carbonyl (C=O) groups excluding carboxylic acids is 1. The van der Waals surface area contributed by atoms with Crippen molar-refractivity contribution in [3.63, 3.8) is 0 Å². The van der Waals surface area contributed by atoms with Gasteiger partial charge in [-0.2, -0.15) is 13.2 Å². The topological polar surface area (TPSA) is 70.1 Å². The van der Waals surface area contributed by atoms with Gasteiger partial charge < -0.3 is 19.6 Å². The molecule has 2 atom stereocenters. The first-order chi connectivity index (χ1) is 13.1. The Labute approximate surface area is 160 Å². The fraction of sp³-hybridized carbons (Fsp3) is 0.889. The Morgan fingerprint density at radius 1 is 1.07 bits per heavy atom. The average molecular weight is 410 g/mol. The van der Waals surface area contributed by atoms with Crippen molar-refractivity contribution in [2.24, 2.45) is 17.8 Å². The summed E-state index contributed by atoms with van der Waals surface area (Å²) in [7, 11) is 0. The Morgan fingerprint density at radius 2 is 1.68 bits per heavy atom. The van der Waals surface area contributed by atoms with E-state index in [-0.39, 0.29) is 11.8 Å². The van der Waals surface area contributed by atoms with Crippen molar-refractivity contribution in [3.8, 4) is 0 Å². The highest BCUT2D eigenvalue weighted by atomic mass is 19.4. The molecule has 3 heterocycles. The summed E-state index contributed by atoms with van der Waals surface area (Å²) >= 11 is 0. The number of fused-ring (bicyclic) bond motifs is 1. The van der Waals surface area contributed by atoms with Crippen molar-refractivity contribution in [1.82, 2.24) is 9.80 Å². The summed E-state index contributed by atoms with van der Waals surface area (Å²) in [5.74, 6) is -1.13. The molecule has 6 nitrogen and oxygen atoms in total. The maximum atomic E-state index is 12.9. The third-order valence-corrected chi connectivity index (χ3v) is 6.13. The molecule has 3 aliphatic heterocycles. The Hall–Kier alpha value is -1.42. The fourth-order valence-electron chi connectivity index (χ4n) is 4.41. The minimum absolute atomic E-state index is 0.0227. The molecule has 0 radical (unpaired) electrons. The third kappa shape index (κ3) is 4.94. The minimum Gasteiger partial charge on any atom is -0.475 e. The molecule has 1 amide bonds. The quantitative estimate of drug-likeness (QED) is 0.721. The highest BCUT2D eigenvalue weighted by Crippen LogP contribution is 2.38. The van der Waals surface area contributed by atoms with Crippen LogP contribution < -0.4 is 0 Å². The van der Waals surface area contributed by atoms with Crippen LogP contribution in [0.25, 0.3) is 0 Å². The molecule has 3 saturated heterocycles. The van der Waals surface area contributed by atoms with Gasteiger partial charge in [0, 0.05) is 51.2 Å². The lowest BCUT2D eigenvalue weighted by molar-refractivity contribution is -0.192. The molecule has 4 fully saturated rings. The lowest BCUT2D eigenvalue weighted by Gasteiger charge is -2.47. The number of likely N-dealkylation sites (tertiary alicyclic amines) is 2. The zero-order valence-corrected chi connectivity index (χ0v) is 15.5. The largest absolute Gasteiger partial charge is 0.490 e. The summed E-state index contributed by atoms with van der Waals surface area (Å²) in [5, 5.41) is 7.12. The van der Waals surface area contributed by atoms with E-state index in [1.54, 1.807) is 0 Å². The van der Waals surface area contributed by atoms with Crippen molar-refractivity contribution < 1.29 is 37.0 Å². The molecule has 4 aliphatic rings. The van der Waals surface area contributed by atoms with Gasteiger partial charge in [-0.05, 0) is 31.6 Å². The lowest BCUT2D eigenvalue weighted by Crippen LogP contribution is -2.60. The number of halogens is 4. The number of alkyl halides is 4. The molecule has 160 valence electrons. The summed E-state index contributed by atoms with van der Waals surface area (Å²) in [6.45, 7) is 6.04.